The third-order valence-corrected chi connectivity index (χ3v) is 6.50. The first-order valence-electron chi connectivity index (χ1n) is 8.55. The smallest absolute Gasteiger partial charge is 0.337 e. The van der Waals surface area contributed by atoms with Crippen molar-refractivity contribution >= 4 is 16.0 Å². The Kier molecular flexibility index (Phi) is 5.43. The molecule has 0 saturated carbocycles. The summed E-state index contributed by atoms with van der Waals surface area (Å²) in [6.07, 6.45) is 5.32. The van der Waals surface area contributed by atoms with Crippen LogP contribution >= 0.6 is 0 Å². The molecule has 1 saturated heterocycles. The molecule has 2 aromatic rings. The number of nitrogens with zero attached hydrogens (tertiary/aromatic N) is 3. The number of methoxy groups -OCH3 is 1. The zero-order valence-electron chi connectivity index (χ0n) is 15.0. The molecule has 0 amide bonds. The second-order valence-corrected chi connectivity index (χ2v) is 8.54. The Bertz CT molecular complexity index is 866. The number of rotatable bonds is 5. The van der Waals surface area contributed by atoms with Crippen molar-refractivity contribution in [3.05, 3.63) is 53.3 Å². The molecule has 140 valence electrons. The van der Waals surface area contributed by atoms with Crippen molar-refractivity contribution in [1.29, 1.82) is 0 Å². The third kappa shape index (κ3) is 4.13. The van der Waals surface area contributed by atoms with Gasteiger partial charge in [0.25, 0.3) is 0 Å². The molecule has 0 N–H and O–H groups in total. The van der Waals surface area contributed by atoms with Crippen LogP contribution < -0.4 is 0 Å². The van der Waals surface area contributed by atoms with Gasteiger partial charge in [0.05, 0.1) is 30.7 Å². The van der Waals surface area contributed by atoms with Crippen LogP contribution in [0.3, 0.4) is 0 Å². The number of carbonyl (C=O) groups excluding carboxylic acids is 1. The first kappa shape index (κ1) is 18.6. The third-order valence-electron chi connectivity index (χ3n) is 4.65. The molecule has 0 spiro atoms. The lowest BCUT2D eigenvalue weighted by atomic mass is 10.1. The molecule has 3 rings (SSSR count). The van der Waals surface area contributed by atoms with Crippen LogP contribution in [0.4, 0.5) is 0 Å². The minimum absolute atomic E-state index is 0.0694. The van der Waals surface area contributed by atoms with Crippen LogP contribution in [0.2, 0.25) is 0 Å². The Morgan fingerprint density at radius 1 is 1.23 bits per heavy atom. The highest BCUT2D eigenvalue weighted by molar-refractivity contribution is 7.88. The molecular weight excluding hydrogens is 354 g/mol. The second kappa shape index (κ2) is 7.59. The van der Waals surface area contributed by atoms with E-state index in [1.54, 1.807) is 28.6 Å². The first-order valence-corrected chi connectivity index (χ1v) is 10.2. The summed E-state index contributed by atoms with van der Waals surface area (Å²) in [5.74, 6) is -0.504. The van der Waals surface area contributed by atoms with Crippen LogP contribution in [0.25, 0.3) is 0 Å². The summed E-state index contributed by atoms with van der Waals surface area (Å²) in [6, 6.07) is 6.73. The monoisotopic (exact) mass is 377 g/mol. The fourth-order valence-electron chi connectivity index (χ4n) is 3.17. The van der Waals surface area contributed by atoms with Gasteiger partial charge in [-0.15, -0.1) is 0 Å². The van der Waals surface area contributed by atoms with Crippen molar-refractivity contribution in [1.82, 2.24) is 14.1 Å². The second-order valence-electron chi connectivity index (χ2n) is 6.57. The van der Waals surface area contributed by atoms with Crippen molar-refractivity contribution in [3.63, 3.8) is 0 Å². The van der Waals surface area contributed by atoms with E-state index in [2.05, 4.69) is 9.84 Å². The number of hydrogen-bond acceptors (Lipinski definition) is 5. The van der Waals surface area contributed by atoms with Crippen molar-refractivity contribution in [2.45, 2.75) is 31.6 Å². The molecule has 1 aliphatic rings. The number of ether oxygens (including phenoxy) is 1. The highest BCUT2D eigenvalue weighted by atomic mass is 32.2. The van der Waals surface area contributed by atoms with E-state index in [1.165, 1.54) is 7.11 Å². The summed E-state index contributed by atoms with van der Waals surface area (Å²) in [6.45, 7) is 2.98. The van der Waals surface area contributed by atoms with E-state index in [1.807, 2.05) is 24.0 Å². The van der Waals surface area contributed by atoms with Gasteiger partial charge in [-0.3, -0.25) is 4.68 Å². The Morgan fingerprint density at radius 3 is 2.42 bits per heavy atom. The SMILES string of the molecule is COC(=O)c1ccc(CS(=O)(=O)N2CCC(n3cc(C)cn3)CC2)cc1. The lowest BCUT2D eigenvalue weighted by Gasteiger charge is -2.31. The van der Waals surface area contributed by atoms with Gasteiger partial charge in [0.2, 0.25) is 10.0 Å². The molecule has 0 unspecified atom stereocenters. The molecule has 0 bridgehead atoms. The number of piperidine rings is 1. The first-order chi connectivity index (χ1) is 12.4. The highest BCUT2D eigenvalue weighted by Crippen LogP contribution is 2.25. The maximum Gasteiger partial charge on any atom is 0.337 e. The normalized spacial score (nSPS) is 16.5. The molecule has 2 heterocycles. The molecule has 0 atom stereocenters. The number of aromatic nitrogens is 2. The lowest BCUT2D eigenvalue weighted by Crippen LogP contribution is -2.39. The van der Waals surface area contributed by atoms with Crippen molar-refractivity contribution in [2.75, 3.05) is 20.2 Å². The topological polar surface area (TPSA) is 81.5 Å². The standard InChI is InChI=1S/C18H23N3O4S/c1-14-11-19-21(12-14)17-7-9-20(10-8-17)26(23,24)13-15-3-5-16(6-4-15)18(22)25-2/h3-6,11-12,17H,7-10,13H2,1-2H3. The van der Waals surface area contributed by atoms with Gasteiger partial charge in [-0.1, -0.05) is 12.1 Å². The number of hydrogen-bond donors (Lipinski definition) is 0. The van der Waals surface area contributed by atoms with E-state index in [9.17, 15) is 13.2 Å². The summed E-state index contributed by atoms with van der Waals surface area (Å²) in [5.41, 5.74) is 2.17. The fraction of sp³-hybridized carbons (Fsp3) is 0.444. The van der Waals surface area contributed by atoms with E-state index in [4.69, 9.17) is 0 Å². The predicted octanol–water partition coefficient (Wildman–Crippen LogP) is 2.15. The van der Waals surface area contributed by atoms with Crippen LogP contribution in [0.15, 0.2) is 36.7 Å². The predicted molar refractivity (Wildman–Crippen MR) is 97.2 cm³/mol. The molecule has 1 fully saturated rings. The van der Waals surface area contributed by atoms with Crippen molar-refractivity contribution < 1.29 is 17.9 Å². The minimum atomic E-state index is -3.39. The van der Waals surface area contributed by atoms with Gasteiger partial charge < -0.3 is 4.74 Å². The fourth-order valence-corrected chi connectivity index (χ4v) is 4.74. The maximum absolute atomic E-state index is 12.7. The number of benzene rings is 1. The summed E-state index contributed by atoms with van der Waals surface area (Å²) in [7, 11) is -2.07. The van der Waals surface area contributed by atoms with Crippen LogP contribution in [0.5, 0.6) is 0 Å². The maximum atomic E-state index is 12.7. The number of carbonyl (C=O) groups is 1. The van der Waals surface area contributed by atoms with Crippen LogP contribution in [0.1, 0.15) is 40.4 Å². The van der Waals surface area contributed by atoms with Gasteiger partial charge in [0, 0.05) is 19.3 Å². The van der Waals surface area contributed by atoms with Gasteiger partial charge in [-0.25, -0.2) is 17.5 Å². The quantitative estimate of drug-likeness (QED) is 0.746. The Balaban J connectivity index is 1.61. The Labute approximate surface area is 153 Å². The molecule has 8 heteroatoms. The summed E-state index contributed by atoms with van der Waals surface area (Å²) in [5, 5.41) is 4.33. The van der Waals surface area contributed by atoms with Crippen molar-refractivity contribution in [2.24, 2.45) is 0 Å². The molecule has 0 radical (unpaired) electrons. The van der Waals surface area contributed by atoms with E-state index in [0.29, 0.717) is 24.2 Å². The molecule has 0 aliphatic carbocycles. The van der Waals surface area contributed by atoms with Crippen molar-refractivity contribution in [3.8, 4) is 0 Å². The van der Waals surface area contributed by atoms with E-state index >= 15 is 0 Å². The van der Waals surface area contributed by atoms with Gasteiger partial charge in [0.15, 0.2) is 0 Å². The molecular formula is C18H23N3O4S. The molecule has 7 nitrogen and oxygen atoms in total. The molecule has 26 heavy (non-hydrogen) atoms. The van der Waals surface area contributed by atoms with Crippen LogP contribution in [-0.2, 0) is 20.5 Å². The Hall–Kier alpha value is -2.19. The van der Waals surface area contributed by atoms with Gasteiger partial charge >= 0.3 is 5.97 Å². The van der Waals surface area contributed by atoms with Gasteiger partial charge in [-0.05, 0) is 43.0 Å². The Morgan fingerprint density at radius 2 is 1.88 bits per heavy atom. The van der Waals surface area contributed by atoms with E-state index in [-0.39, 0.29) is 11.8 Å². The largest absolute Gasteiger partial charge is 0.465 e. The molecule has 1 aliphatic heterocycles. The zero-order chi connectivity index (χ0) is 18.7. The molecule has 1 aromatic heterocycles. The van der Waals surface area contributed by atoms with Crippen LogP contribution in [-0.4, -0.2) is 48.7 Å². The zero-order valence-corrected chi connectivity index (χ0v) is 15.8. The highest BCUT2D eigenvalue weighted by Gasteiger charge is 2.29. The minimum Gasteiger partial charge on any atom is -0.465 e. The average molecular weight is 377 g/mol. The van der Waals surface area contributed by atoms with Gasteiger partial charge in [0.1, 0.15) is 0 Å². The summed E-state index contributed by atoms with van der Waals surface area (Å²) >= 11 is 0. The summed E-state index contributed by atoms with van der Waals surface area (Å²) < 4.78 is 33.5. The number of esters is 1. The summed E-state index contributed by atoms with van der Waals surface area (Å²) in [4.78, 5) is 11.5. The van der Waals surface area contributed by atoms with Gasteiger partial charge in [-0.2, -0.15) is 5.10 Å². The van der Waals surface area contributed by atoms with E-state index < -0.39 is 16.0 Å². The molecule has 1 aromatic carbocycles. The average Bonchev–Trinajstić information content (AvgIpc) is 3.08. The lowest BCUT2D eigenvalue weighted by molar-refractivity contribution is 0.0600. The number of sulfonamides is 1. The number of aryl methyl sites for hydroxylation is 1. The van der Waals surface area contributed by atoms with Crippen LogP contribution in [0, 0.1) is 6.92 Å². The van der Waals surface area contributed by atoms with E-state index in [0.717, 1.165) is 18.4 Å².